The number of carbonyl (C=O) groups is 1. The van der Waals surface area contributed by atoms with Crippen LogP contribution < -0.4 is 5.73 Å². The van der Waals surface area contributed by atoms with E-state index in [1.807, 2.05) is 0 Å². The van der Waals surface area contributed by atoms with Gasteiger partial charge in [0, 0.05) is 4.11 Å². The molecular weight excluding hydrogens is 106 g/mol. The molecule has 0 aliphatic carbocycles. The molecule has 8 heavy (non-hydrogen) atoms. The number of esters is 1. The number of ether oxygens (including phenoxy) is 1. The maximum absolute atomic E-state index is 10.7. The fourth-order valence-electron chi connectivity index (χ4n) is 0.232. The second kappa shape index (κ2) is 3.43. The summed E-state index contributed by atoms with van der Waals surface area (Å²) in [5.41, 5.74) is 5.04. The quantitative estimate of drug-likeness (QED) is 0.517. The summed E-state index contributed by atoms with van der Waals surface area (Å²) in [6.45, 7) is -0.737. The molecule has 0 unspecified atom stereocenters. The van der Waals surface area contributed by atoms with Crippen molar-refractivity contribution in [3.8, 4) is 0 Å². The van der Waals surface area contributed by atoms with Gasteiger partial charge in [-0.3, -0.25) is 4.79 Å². The van der Waals surface area contributed by atoms with Gasteiger partial charge in [-0.2, -0.15) is 0 Å². The largest absolute Gasteiger partial charge is 0.465 e. The van der Waals surface area contributed by atoms with Crippen LogP contribution >= 0.6 is 0 Å². The lowest BCUT2D eigenvalue weighted by Gasteiger charge is -2.02. The van der Waals surface area contributed by atoms with E-state index >= 15 is 0 Å². The summed E-state index contributed by atoms with van der Waals surface area (Å²) < 4.78 is 24.7. The Hall–Kier alpha value is -0.570. The smallest absolute Gasteiger partial charge is 0.322 e. The van der Waals surface area contributed by atoms with E-state index in [0.717, 1.165) is 0 Å². The summed E-state index contributed by atoms with van der Waals surface area (Å²) in [5.74, 6) is -0.882. The van der Waals surface area contributed by atoms with Crippen LogP contribution in [0.4, 0.5) is 0 Å². The fraction of sp³-hybridized carbons (Fsp3) is 0.800. The van der Waals surface area contributed by atoms with E-state index in [9.17, 15) is 4.79 Å². The van der Waals surface area contributed by atoms with E-state index in [-0.39, 0.29) is 6.61 Å². The lowest BCUT2D eigenvalue weighted by molar-refractivity contribution is -0.144. The average Bonchev–Trinajstić information content (AvgIpc) is 1.85. The van der Waals surface area contributed by atoms with Crippen molar-refractivity contribution >= 4 is 5.97 Å². The molecule has 0 saturated heterocycles. The van der Waals surface area contributed by atoms with Crippen LogP contribution in [0.3, 0.4) is 0 Å². The van der Waals surface area contributed by atoms with Crippen LogP contribution in [0.25, 0.3) is 0 Å². The third-order valence-electron chi connectivity index (χ3n) is 0.541. The molecule has 0 amide bonds. The minimum Gasteiger partial charge on any atom is -0.465 e. The highest BCUT2D eigenvalue weighted by atomic mass is 16.5. The van der Waals surface area contributed by atoms with Gasteiger partial charge in [-0.25, -0.2) is 0 Å². The molecule has 0 aromatic rings. The van der Waals surface area contributed by atoms with Crippen LogP contribution in [0.2, 0.25) is 0 Å². The van der Waals surface area contributed by atoms with Gasteiger partial charge in [0.25, 0.3) is 0 Å². The maximum atomic E-state index is 10.7. The van der Waals surface area contributed by atoms with E-state index in [2.05, 4.69) is 4.74 Å². The Morgan fingerprint density at radius 3 is 3.12 bits per heavy atom. The molecule has 0 aromatic heterocycles. The predicted octanol–water partition coefficient (Wildman–Crippen LogP) is -0.103. The van der Waals surface area contributed by atoms with Crippen molar-refractivity contribution in [1.29, 1.82) is 0 Å². The van der Waals surface area contributed by atoms with Gasteiger partial charge in [0.15, 0.2) is 0 Å². The van der Waals surface area contributed by atoms with Crippen molar-refractivity contribution in [3.63, 3.8) is 0 Å². The van der Waals surface area contributed by atoms with E-state index in [1.165, 1.54) is 0 Å². The zero-order valence-corrected chi connectivity index (χ0v) is 4.68. The third-order valence-corrected chi connectivity index (χ3v) is 0.541. The molecule has 0 aliphatic rings. The standard InChI is InChI=1S/C5H11NO2/c1-3-8-5(7)4(2)6/h4H,3,6H2,1-2H3/t4-/m1/s1/i2D3. The first-order chi connectivity index (χ1) is 4.89. The second-order valence-electron chi connectivity index (χ2n) is 1.23. The number of carbonyl (C=O) groups excluding carboxylic acids is 1. The van der Waals surface area contributed by atoms with Crippen LogP contribution in [0.5, 0.6) is 0 Å². The number of nitrogens with two attached hydrogens (primary N) is 1. The molecule has 0 bridgehead atoms. The predicted molar refractivity (Wildman–Crippen MR) is 30.3 cm³/mol. The Balaban J connectivity index is 4.03. The second-order valence-corrected chi connectivity index (χ2v) is 1.23. The molecule has 3 heteroatoms. The molecule has 1 atom stereocenters. The van der Waals surface area contributed by atoms with Crippen LogP contribution in [0.1, 0.15) is 17.9 Å². The Morgan fingerprint density at radius 1 is 2.12 bits per heavy atom. The van der Waals surface area contributed by atoms with Gasteiger partial charge in [-0.15, -0.1) is 0 Å². The van der Waals surface area contributed by atoms with Crippen LogP contribution in [-0.4, -0.2) is 18.6 Å². The minimum atomic E-state index is -2.47. The number of hydrogen-bond donors (Lipinski definition) is 1. The van der Waals surface area contributed by atoms with Gasteiger partial charge in [0.1, 0.15) is 6.04 Å². The third kappa shape index (κ3) is 2.58. The summed E-state index contributed by atoms with van der Waals surface area (Å²) in [6.07, 6.45) is 0. The van der Waals surface area contributed by atoms with Gasteiger partial charge in [-0.1, -0.05) is 0 Å². The molecule has 3 nitrogen and oxygen atoms in total. The highest BCUT2D eigenvalue weighted by Gasteiger charge is 2.05. The molecule has 48 valence electrons. The van der Waals surface area contributed by atoms with Crippen LogP contribution in [0, 0.1) is 0 Å². The molecule has 0 aliphatic heterocycles. The number of rotatable bonds is 2. The van der Waals surface area contributed by atoms with E-state index in [4.69, 9.17) is 9.85 Å². The summed E-state index contributed by atoms with van der Waals surface area (Å²) in [7, 11) is 0. The van der Waals surface area contributed by atoms with E-state index in [1.54, 1.807) is 6.92 Å². The first-order valence-corrected chi connectivity index (χ1v) is 2.31. The Bertz CT molecular complexity index is 145. The summed E-state index contributed by atoms with van der Waals surface area (Å²) >= 11 is 0. The van der Waals surface area contributed by atoms with Crippen molar-refractivity contribution in [2.75, 3.05) is 6.61 Å². The SMILES string of the molecule is [2H]C([2H])([2H])[C@@H](N)C(=O)OCC. The summed E-state index contributed by atoms with van der Waals surface area (Å²) in [4.78, 5) is 10.7. The fourth-order valence-corrected chi connectivity index (χ4v) is 0.232. The van der Waals surface area contributed by atoms with Gasteiger partial charge >= 0.3 is 5.97 Å². The first-order valence-electron chi connectivity index (χ1n) is 3.81. The normalized spacial score (nSPS) is 20.0. The van der Waals surface area contributed by atoms with Crippen LogP contribution in [-0.2, 0) is 9.53 Å². The zero-order chi connectivity index (χ0) is 9.07. The molecule has 0 heterocycles. The lowest BCUT2D eigenvalue weighted by Crippen LogP contribution is -2.28. The Kier molecular flexibility index (Phi) is 1.48. The van der Waals surface area contributed by atoms with Gasteiger partial charge in [0.2, 0.25) is 0 Å². The van der Waals surface area contributed by atoms with Crippen molar-refractivity contribution in [2.24, 2.45) is 5.73 Å². The van der Waals surface area contributed by atoms with E-state index < -0.39 is 18.9 Å². The lowest BCUT2D eigenvalue weighted by atomic mass is 10.4. The summed E-state index contributed by atoms with van der Waals surface area (Å²) in [6, 6.07) is -1.53. The Labute approximate surface area is 53.0 Å². The highest BCUT2D eigenvalue weighted by Crippen LogP contribution is 1.80. The molecular formula is C5H11NO2. The molecule has 0 radical (unpaired) electrons. The maximum Gasteiger partial charge on any atom is 0.322 e. The topological polar surface area (TPSA) is 52.3 Å². The van der Waals surface area contributed by atoms with Crippen molar-refractivity contribution in [2.45, 2.75) is 19.8 Å². The van der Waals surface area contributed by atoms with Crippen molar-refractivity contribution in [3.05, 3.63) is 0 Å². The molecule has 0 aromatic carbocycles. The Morgan fingerprint density at radius 2 is 2.75 bits per heavy atom. The molecule has 0 spiro atoms. The van der Waals surface area contributed by atoms with Gasteiger partial charge in [0.05, 0.1) is 6.61 Å². The van der Waals surface area contributed by atoms with Crippen molar-refractivity contribution < 1.29 is 13.6 Å². The van der Waals surface area contributed by atoms with Gasteiger partial charge < -0.3 is 10.5 Å². The molecule has 0 rings (SSSR count). The molecule has 0 fully saturated rings. The highest BCUT2D eigenvalue weighted by molar-refractivity contribution is 5.74. The molecule has 0 saturated carbocycles. The van der Waals surface area contributed by atoms with Gasteiger partial charge in [-0.05, 0) is 13.8 Å². The van der Waals surface area contributed by atoms with Crippen molar-refractivity contribution in [1.82, 2.24) is 0 Å². The number of hydrogen-bond acceptors (Lipinski definition) is 3. The minimum absolute atomic E-state index is 0.141. The first kappa shape index (κ1) is 3.45. The average molecular weight is 120 g/mol. The monoisotopic (exact) mass is 120 g/mol. The summed E-state index contributed by atoms with van der Waals surface area (Å²) in [5, 5.41) is 0. The van der Waals surface area contributed by atoms with Crippen LogP contribution in [0.15, 0.2) is 0 Å². The van der Waals surface area contributed by atoms with E-state index in [0.29, 0.717) is 0 Å². The zero-order valence-electron chi connectivity index (χ0n) is 7.68. The molecule has 2 N–H and O–H groups in total.